The number of nitrogens with zero attached hydrogens (tertiary/aromatic N) is 3. The summed E-state index contributed by atoms with van der Waals surface area (Å²) in [6, 6.07) is 9.86. The highest BCUT2D eigenvalue weighted by Crippen LogP contribution is 2.27. The molecule has 8 heteroatoms. The summed E-state index contributed by atoms with van der Waals surface area (Å²) in [6.07, 6.45) is 7.91. The van der Waals surface area contributed by atoms with Crippen LogP contribution in [0.2, 0.25) is 0 Å². The molecule has 2 aromatic rings. The zero-order valence-electron chi connectivity index (χ0n) is 16.9. The van der Waals surface area contributed by atoms with Crippen LogP contribution in [0.1, 0.15) is 38.2 Å². The number of hydrogen-bond donors (Lipinski definition) is 3. The van der Waals surface area contributed by atoms with Crippen molar-refractivity contribution in [1.29, 1.82) is 0 Å². The fraction of sp³-hybridized carbons (Fsp3) is 0.476. The van der Waals surface area contributed by atoms with Gasteiger partial charge in [0.1, 0.15) is 0 Å². The van der Waals surface area contributed by atoms with Crippen molar-refractivity contribution in [2.75, 3.05) is 18.4 Å². The Labute approximate surface area is 189 Å². The van der Waals surface area contributed by atoms with Gasteiger partial charge in [-0.1, -0.05) is 18.6 Å². The molecule has 1 saturated carbocycles. The molecular formula is C21H31IN6O. The zero-order valence-corrected chi connectivity index (χ0v) is 19.3. The van der Waals surface area contributed by atoms with E-state index >= 15 is 0 Å². The lowest BCUT2D eigenvalue weighted by molar-refractivity contribution is -0.122. The molecule has 1 aromatic heterocycles. The lowest BCUT2D eigenvalue weighted by atomic mass is 9.85. The smallest absolute Gasteiger partial charge is 0.227 e. The quantitative estimate of drug-likeness (QED) is 0.209. The third-order valence-electron chi connectivity index (χ3n) is 4.85. The Kier molecular flexibility index (Phi) is 9.96. The molecule has 0 bridgehead atoms. The third kappa shape index (κ3) is 7.68. The van der Waals surface area contributed by atoms with Crippen molar-refractivity contribution in [2.24, 2.45) is 10.9 Å². The molecule has 1 heterocycles. The van der Waals surface area contributed by atoms with E-state index in [9.17, 15) is 4.79 Å². The predicted octanol–water partition coefficient (Wildman–Crippen LogP) is 3.39. The van der Waals surface area contributed by atoms with Gasteiger partial charge in [-0.3, -0.25) is 9.48 Å². The number of anilines is 1. The monoisotopic (exact) mass is 510 g/mol. The first-order valence-corrected chi connectivity index (χ1v) is 10.1. The van der Waals surface area contributed by atoms with Crippen LogP contribution in [0.4, 0.5) is 5.69 Å². The van der Waals surface area contributed by atoms with Gasteiger partial charge in [0.25, 0.3) is 0 Å². The highest BCUT2D eigenvalue weighted by Gasteiger charge is 2.25. The maximum atomic E-state index is 12.1. The van der Waals surface area contributed by atoms with Crippen molar-refractivity contribution >= 4 is 41.5 Å². The fourth-order valence-corrected chi connectivity index (χ4v) is 3.05. The fourth-order valence-electron chi connectivity index (χ4n) is 3.05. The largest absolute Gasteiger partial charge is 0.357 e. The summed E-state index contributed by atoms with van der Waals surface area (Å²) in [6.45, 7) is 5.12. The molecule has 0 atom stereocenters. The standard InChI is InChI=1S/C21H30N6O.HI/c1-2-22-21(23-11-5-13-27-14-6-12-25-27)24-16-17-7-3-10-19(15-17)26-20(28)18-8-4-9-18;/h3,6-7,10,12,14-15,18H,2,4-5,8-9,11,13,16H2,1H3,(H,26,28)(H2,22,23,24);1H. The second-order valence-electron chi connectivity index (χ2n) is 7.06. The van der Waals surface area contributed by atoms with Gasteiger partial charge in [0, 0.05) is 43.6 Å². The molecule has 0 spiro atoms. The number of benzene rings is 1. The zero-order chi connectivity index (χ0) is 19.6. The van der Waals surface area contributed by atoms with Crippen LogP contribution in [0, 0.1) is 5.92 Å². The Morgan fingerprint density at radius 3 is 2.83 bits per heavy atom. The number of guanidine groups is 1. The van der Waals surface area contributed by atoms with Crippen molar-refractivity contribution in [3.63, 3.8) is 0 Å². The van der Waals surface area contributed by atoms with Gasteiger partial charge in [-0.2, -0.15) is 5.10 Å². The first-order valence-electron chi connectivity index (χ1n) is 10.1. The summed E-state index contributed by atoms with van der Waals surface area (Å²) in [4.78, 5) is 16.8. The van der Waals surface area contributed by atoms with E-state index in [2.05, 4.69) is 33.0 Å². The molecule has 0 saturated heterocycles. The van der Waals surface area contributed by atoms with Crippen LogP contribution in [0.15, 0.2) is 47.7 Å². The molecule has 1 amide bonds. The number of aliphatic imine (C=N–C) groups is 1. The van der Waals surface area contributed by atoms with E-state index in [0.717, 1.165) is 62.5 Å². The van der Waals surface area contributed by atoms with E-state index in [-0.39, 0.29) is 35.8 Å². The minimum atomic E-state index is 0. The van der Waals surface area contributed by atoms with Crippen molar-refractivity contribution in [3.8, 4) is 0 Å². The van der Waals surface area contributed by atoms with Crippen molar-refractivity contribution in [3.05, 3.63) is 48.3 Å². The molecule has 29 heavy (non-hydrogen) atoms. The first kappa shape index (κ1) is 23.2. The van der Waals surface area contributed by atoms with Crippen LogP contribution in [0.25, 0.3) is 0 Å². The third-order valence-corrected chi connectivity index (χ3v) is 4.85. The number of aromatic nitrogens is 2. The number of carbonyl (C=O) groups excluding carboxylic acids is 1. The number of halogens is 1. The van der Waals surface area contributed by atoms with Gasteiger partial charge >= 0.3 is 0 Å². The van der Waals surface area contributed by atoms with E-state index in [1.54, 1.807) is 6.20 Å². The van der Waals surface area contributed by atoms with Gasteiger partial charge in [0.15, 0.2) is 5.96 Å². The van der Waals surface area contributed by atoms with E-state index in [4.69, 9.17) is 0 Å². The minimum absolute atomic E-state index is 0. The lowest BCUT2D eigenvalue weighted by Gasteiger charge is -2.24. The van der Waals surface area contributed by atoms with Crippen LogP contribution < -0.4 is 16.0 Å². The molecule has 158 valence electrons. The summed E-state index contributed by atoms with van der Waals surface area (Å²) in [5, 5.41) is 13.9. The van der Waals surface area contributed by atoms with Gasteiger partial charge in [-0.25, -0.2) is 4.99 Å². The molecule has 1 fully saturated rings. The summed E-state index contributed by atoms with van der Waals surface area (Å²) >= 11 is 0. The highest BCUT2D eigenvalue weighted by molar-refractivity contribution is 14.0. The van der Waals surface area contributed by atoms with E-state index in [1.165, 1.54) is 0 Å². The number of aryl methyl sites for hydroxylation is 1. The number of hydrogen-bond acceptors (Lipinski definition) is 3. The summed E-state index contributed by atoms with van der Waals surface area (Å²) < 4.78 is 1.93. The van der Waals surface area contributed by atoms with Crippen LogP contribution in [-0.4, -0.2) is 34.7 Å². The highest BCUT2D eigenvalue weighted by atomic mass is 127. The van der Waals surface area contributed by atoms with Gasteiger partial charge in [-0.15, -0.1) is 24.0 Å². The molecule has 1 aliphatic rings. The molecule has 1 aliphatic carbocycles. The van der Waals surface area contributed by atoms with Crippen molar-refractivity contribution < 1.29 is 4.79 Å². The summed E-state index contributed by atoms with van der Waals surface area (Å²) in [5.41, 5.74) is 1.92. The maximum Gasteiger partial charge on any atom is 0.227 e. The molecule has 0 unspecified atom stereocenters. The van der Waals surface area contributed by atoms with Crippen LogP contribution in [0.3, 0.4) is 0 Å². The first-order chi connectivity index (χ1) is 13.7. The predicted molar refractivity (Wildman–Crippen MR) is 127 cm³/mol. The molecular weight excluding hydrogens is 479 g/mol. The van der Waals surface area contributed by atoms with Crippen LogP contribution in [-0.2, 0) is 17.9 Å². The maximum absolute atomic E-state index is 12.1. The minimum Gasteiger partial charge on any atom is -0.357 e. The Balaban J connectivity index is 0.00000300. The average Bonchev–Trinajstić information content (AvgIpc) is 3.15. The van der Waals surface area contributed by atoms with E-state index < -0.39 is 0 Å². The lowest BCUT2D eigenvalue weighted by Crippen LogP contribution is -2.38. The normalized spacial score (nSPS) is 13.9. The molecule has 0 radical (unpaired) electrons. The summed E-state index contributed by atoms with van der Waals surface area (Å²) in [5.74, 6) is 1.12. The SMILES string of the molecule is CCNC(=NCc1cccc(NC(=O)C2CCC2)c1)NCCCn1cccn1.I. The molecule has 3 N–H and O–H groups in total. The number of nitrogens with one attached hydrogen (secondary N) is 3. The second kappa shape index (κ2) is 12.5. The Morgan fingerprint density at radius 2 is 2.14 bits per heavy atom. The number of rotatable bonds is 9. The number of amides is 1. The van der Waals surface area contributed by atoms with Crippen molar-refractivity contribution in [1.82, 2.24) is 20.4 Å². The van der Waals surface area contributed by atoms with E-state index in [1.807, 2.05) is 41.2 Å². The van der Waals surface area contributed by atoms with Gasteiger partial charge < -0.3 is 16.0 Å². The molecule has 3 rings (SSSR count). The number of carbonyl (C=O) groups is 1. The molecule has 7 nitrogen and oxygen atoms in total. The van der Waals surface area contributed by atoms with Gasteiger partial charge in [0.2, 0.25) is 5.91 Å². The Hall–Kier alpha value is -2.10. The Bertz CT molecular complexity index is 773. The van der Waals surface area contributed by atoms with Gasteiger partial charge in [-0.05, 0) is 49.9 Å². The van der Waals surface area contributed by atoms with Crippen molar-refractivity contribution in [2.45, 2.75) is 45.7 Å². The van der Waals surface area contributed by atoms with Crippen LogP contribution >= 0.6 is 24.0 Å². The molecule has 0 aliphatic heterocycles. The van der Waals surface area contributed by atoms with E-state index in [0.29, 0.717) is 6.54 Å². The second-order valence-corrected chi connectivity index (χ2v) is 7.06. The average molecular weight is 510 g/mol. The summed E-state index contributed by atoms with van der Waals surface area (Å²) in [7, 11) is 0. The molecule has 1 aromatic carbocycles. The van der Waals surface area contributed by atoms with Crippen LogP contribution in [0.5, 0.6) is 0 Å². The Morgan fingerprint density at radius 1 is 1.28 bits per heavy atom. The van der Waals surface area contributed by atoms with Gasteiger partial charge in [0.05, 0.1) is 6.54 Å². The topological polar surface area (TPSA) is 83.3 Å².